The number of rotatable bonds is 10. The number of benzene rings is 9. The predicted octanol–water partition coefficient (Wildman–Crippen LogP) is 14.6. The van der Waals surface area contributed by atoms with E-state index in [2.05, 4.69) is 398 Å². The fourth-order valence-corrected chi connectivity index (χ4v) is 19.6. The average Bonchev–Trinajstić information content (AvgIpc) is 1.57. The fourth-order valence-electron chi connectivity index (χ4n) is 19.6. The van der Waals surface area contributed by atoms with Crippen molar-refractivity contribution in [1.29, 1.82) is 0 Å². The van der Waals surface area contributed by atoms with Crippen molar-refractivity contribution in [3.63, 3.8) is 0 Å². The maximum Gasteiger partial charge on any atom is 0.369 e. The van der Waals surface area contributed by atoms with Crippen LogP contribution in [0.25, 0.3) is 133 Å². The number of imidazole rings is 1. The van der Waals surface area contributed by atoms with Crippen molar-refractivity contribution in [3.8, 4) is 16.8 Å². The zero-order valence-corrected chi connectivity index (χ0v) is 77.3. The molecule has 131 heavy (non-hydrogen) atoms. The van der Waals surface area contributed by atoms with Crippen LogP contribution in [0.4, 0.5) is 23.0 Å². The van der Waals surface area contributed by atoms with Gasteiger partial charge in [0.05, 0.1) is 36.0 Å². The lowest BCUT2D eigenvalue weighted by Gasteiger charge is -2.40. The summed E-state index contributed by atoms with van der Waals surface area (Å²) in [6.45, 7) is 27.4. The van der Waals surface area contributed by atoms with Gasteiger partial charge in [-0.25, -0.2) is 9.13 Å². The highest BCUT2D eigenvalue weighted by atomic mass is 16.3. The van der Waals surface area contributed by atoms with Crippen LogP contribution in [0.1, 0.15) is 82.5 Å². The number of aromatic nitrogens is 2. The molecule has 24 rings (SSSR count). The third-order valence-corrected chi connectivity index (χ3v) is 26.9. The van der Waals surface area contributed by atoms with Crippen molar-refractivity contribution in [1.82, 2.24) is 49.1 Å². The standard InChI is InChI=1S/C33H35BN3O.C21H20BN3O.C20H20BN3O.2C16H18BN3O/c1-22(2)27-18-25(24-12-8-7-9-13-24)19-28(23(3)4)32(27)36-17-16-35(6)33(36)37-21-29-26-14-10-11-15-30(26)38-31(29)20-34(37)5;1-16-23(17-8-4-3-5-9-17)12-13-24(16)25-15-19-18-10-6-7-11-20(18)26-21(19)14-22(25)2;1-14-22(3)17-9-5-6-10-18(17)24(14)23-13-16-15-8-4-7-11-19(15)25-20(16)12-21(23)2;2*1-12-18(3)8-9-19(12)20-11-14-13-6-4-5-7-15(13)21-16(14)10-17(20)2/h7-23H,1-6H3;3-16H,1-2H3;4-14H,1-3H3;2*4-12H,1-3H3/q+1;;;;/t;16-;14-;2*12-/m.0000/s1/i;;;3D3;. The molecule has 25 heteroatoms. The lowest BCUT2D eigenvalue weighted by molar-refractivity contribution is -0.656. The van der Waals surface area contributed by atoms with Crippen LogP contribution in [0.2, 0.25) is 34.1 Å². The summed E-state index contributed by atoms with van der Waals surface area (Å²) in [6, 6.07) is 75.5. The number of hydrogen-bond acceptors (Lipinski definition) is 18. The molecule has 654 valence electrons. The number of fused-ring (bicyclic) bond motifs is 16. The summed E-state index contributed by atoms with van der Waals surface area (Å²) < 4.78 is 57.7. The summed E-state index contributed by atoms with van der Waals surface area (Å²) in [4.78, 5) is 19.5. The van der Waals surface area contributed by atoms with E-state index in [0.29, 0.717) is 18.0 Å². The summed E-state index contributed by atoms with van der Waals surface area (Å²) in [5, 5.41) is 20.2. The smallest absolute Gasteiger partial charge is 0.369 e. The monoisotopic (exact) mass is 1730 g/mol. The Morgan fingerprint density at radius 2 is 0.725 bits per heavy atom. The molecular weight excluding hydrogens is 1620 g/mol. The molecule has 20 nitrogen and oxygen atoms in total. The Balaban J connectivity index is 0.000000106. The molecule has 9 aromatic carbocycles. The second-order valence-corrected chi connectivity index (χ2v) is 36.1. The third kappa shape index (κ3) is 15.3. The van der Waals surface area contributed by atoms with Crippen LogP contribution < -0.4 is 77.4 Å². The molecule has 0 saturated carbocycles. The van der Waals surface area contributed by atoms with Crippen molar-refractivity contribution in [2.75, 3.05) is 40.7 Å². The highest BCUT2D eigenvalue weighted by molar-refractivity contribution is 6.77. The summed E-state index contributed by atoms with van der Waals surface area (Å²) in [6.07, 6.45) is 27.8. The van der Waals surface area contributed by atoms with E-state index in [1.165, 1.54) is 65.9 Å². The fraction of sp³-hybridized carbons (Fsp3) is 0.217. The Hall–Kier alpha value is -14.5. The first-order chi connectivity index (χ1) is 64.7. The van der Waals surface area contributed by atoms with Crippen molar-refractivity contribution < 1.29 is 30.8 Å². The lowest BCUT2D eigenvalue weighted by atomic mass is 9.62. The first-order valence-electron chi connectivity index (χ1n) is 47.3. The number of hydrogen-bond donors (Lipinski definition) is 0. The Labute approximate surface area is 771 Å². The molecule has 6 aromatic heterocycles. The molecule has 9 aliphatic rings. The minimum Gasteiger partial charge on any atom is -0.457 e. The van der Waals surface area contributed by atoms with E-state index in [9.17, 15) is 0 Å². The number of furan rings is 5. The Morgan fingerprint density at radius 1 is 0.366 bits per heavy atom. The minimum atomic E-state index is -2.15. The largest absolute Gasteiger partial charge is 0.457 e. The number of nitrogens with zero attached hydrogens (tertiary/aromatic N) is 15. The molecule has 0 saturated heterocycles. The second-order valence-electron chi connectivity index (χ2n) is 36.1. The molecule has 0 radical (unpaired) electrons. The molecule has 0 bridgehead atoms. The van der Waals surface area contributed by atoms with Gasteiger partial charge in [0, 0.05) is 141 Å². The van der Waals surface area contributed by atoms with Gasteiger partial charge in [0.25, 0.3) is 0 Å². The van der Waals surface area contributed by atoms with Gasteiger partial charge in [0.15, 0.2) is 0 Å². The highest BCUT2D eigenvalue weighted by Gasteiger charge is 2.40. The molecule has 0 N–H and O–H groups in total. The zero-order chi connectivity index (χ0) is 93.0. The molecule has 0 spiro atoms. The van der Waals surface area contributed by atoms with Gasteiger partial charge in [0.1, 0.15) is 91.5 Å². The van der Waals surface area contributed by atoms with Gasteiger partial charge in [0.2, 0.25) is 0 Å². The van der Waals surface area contributed by atoms with E-state index in [0.717, 1.165) is 98.0 Å². The van der Waals surface area contributed by atoms with E-state index >= 15 is 0 Å². The average molecular weight is 1730 g/mol. The maximum absolute atomic E-state index is 7.64. The first-order valence-corrected chi connectivity index (χ1v) is 45.8. The summed E-state index contributed by atoms with van der Waals surface area (Å²) in [5.41, 5.74) is 19.6. The molecule has 0 amide bonds. The number of hydrazine groups is 4. The molecule has 4 atom stereocenters. The van der Waals surface area contributed by atoms with Gasteiger partial charge in [-0.15, -0.1) is 0 Å². The maximum atomic E-state index is 7.64. The predicted molar refractivity (Wildman–Crippen MR) is 543 cm³/mol. The van der Waals surface area contributed by atoms with Crippen molar-refractivity contribution in [2.24, 2.45) is 7.05 Å². The third-order valence-electron chi connectivity index (χ3n) is 26.9. The van der Waals surface area contributed by atoms with Crippen LogP contribution in [0.5, 0.6) is 0 Å². The molecule has 0 aliphatic carbocycles. The van der Waals surface area contributed by atoms with Crippen LogP contribution in [0.3, 0.4) is 0 Å². The molecular formula is C106H111B5N15O5+. The van der Waals surface area contributed by atoms with Crippen molar-refractivity contribution >= 4 is 173 Å². The normalized spacial score (nSPS) is 18.3. The van der Waals surface area contributed by atoms with Gasteiger partial charge in [-0.05, 0) is 165 Å². The Morgan fingerprint density at radius 3 is 1.15 bits per heavy atom. The molecule has 15 heterocycles. The molecule has 0 unspecified atom stereocenters. The van der Waals surface area contributed by atoms with E-state index < -0.39 is 6.98 Å². The van der Waals surface area contributed by atoms with Crippen molar-refractivity contribution in [3.05, 3.63) is 332 Å². The van der Waals surface area contributed by atoms with Crippen LogP contribution in [0.15, 0.2) is 290 Å². The van der Waals surface area contributed by atoms with E-state index in [1.54, 1.807) is 6.20 Å². The Kier molecular flexibility index (Phi) is 21.4. The summed E-state index contributed by atoms with van der Waals surface area (Å²) >= 11 is 0. The molecule has 9 aliphatic heterocycles. The van der Waals surface area contributed by atoms with Gasteiger partial charge < -0.3 is 61.4 Å². The lowest BCUT2D eigenvalue weighted by Crippen LogP contribution is -2.55. The molecule has 15 aromatic rings. The van der Waals surface area contributed by atoms with E-state index in [-0.39, 0.29) is 52.7 Å². The van der Waals surface area contributed by atoms with Gasteiger partial charge in [-0.3, -0.25) is 24.8 Å². The zero-order valence-electron chi connectivity index (χ0n) is 80.3. The summed E-state index contributed by atoms with van der Waals surface area (Å²) in [7, 11) is 6.39. The van der Waals surface area contributed by atoms with Crippen LogP contribution >= 0.6 is 0 Å². The van der Waals surface area contributed by atoms with Crippen LogP contribution in [-0.4, -0.2) is 129 Å². The SMILES string of the molecule is CB1C=c2oc3ccccc3c2=CN1N1C=CN(C)[C@@H]1C.CB1C=c2oc3ccccc3c2=CN1N1C=CN(c2ccccc2)[C@@H]1C.CB1C=c2oc3ccccc3c2=CN1N1c2ccccc2N(C)[C@@H]1C.CB1C=c2oc3ccccc3c2=CN1c1n(-c2c(C(C)C)cc(-c3ccccc3)cc2C(C)C)cc[n+]1C.[2H]C([2H])([2H])N1C=CN(N2C=c3c(oc4ccccc34)=CB2C)[C@H]1C. The quantitative estimate of drug-likeness (QED) is 0.0954. The summed E-state index contributed by atoms with van der Waals surface area (Å²) in [5.74, 6) is 12.8. The minimum absolute atomic E-state index is 0.0571. The first kappa shape index (κ1) is 81.1. The van der Waals surface area contributed by atoms with Gasteiger partial charge >= 0.3 is 40.2 Å². The highest BCUT2D eigenvalue weighted by Crippen LogP contribution is 2.42. The van der Waals surface area contributed by atoms with Crippen LogP contribution in [0, 0.1) is 0 Å². The van der Waals surface area contributed by atoms with E-state index in [1.807, 2.05) is 103 Å². The number of para-hydroxylation sites is 8. The Bertz CT molecular complexity index is 7800. The van der Waals surface area contributed by atoms with Crippen LogP contribution in [-0.2, 0) is 7.05 Å². The second kappa shape index (κ2) is 34.5. The van der Waals surface area contributed by atoms with E-state index in [4.69, 9.17) is 26.2 Å². The number of anilines is 4. The van der Waals surface area contributed by atoms with Gasteiger partial charge in [-0.2, -0.15) is 0 Å². The number of aryl methyl sites for hydroxylation is 1. The van der Waals surface area contributed by atoms with Gasteiger partial charge in [-0.1, -0.05) is 207 Å². The topological polar surface area (TPSA) is 117 Å². The molecule has 0 fully saturated rings. The van der Waals surface area contributed by atoms with Crippen molar-refractivity contribution in [2.45, 2.75) is 126 Å².